The van der Waals surface area contributed by atoms with Crippen molar-refractivity contribution in [2.24, 2.45) is 0 Å². The number of carbonyl (C=O) groups excluding carboxylic acids is 2. The zero-order chi connectivity index (χ0) is 23.2. The van der Waals surface area contributed by atoms with E-state index in [4.69, 9.17) is 4.74 Å². The minimum atomic E-state index is -0.612. The Labute approximate surface area is 196 Å². The number of carbonyl (C=O) groups is 2. The van der Waals surface area contributed by atoms with Gasteiger partial charge in [-0.15, -0.1) is 17.9 Å². The monoisotopic (exact) mass is 464 g/mol. The summed E-state index contributed by atoms with van der Waals surface area (Å²) < 4.78 is 20.2. The highest BCUT2D eigenvalue weighted by atomic mass is 32.1. The normalized spacial score (nSPS) is 14.9. The van der Waals surface area contributed by atoms with E-state index in [9.17, 15) is 14.0 Å². The average molecular weight is 465 g/mol. The standard InChI is InChI=1S/C26H25FN2O3S/c1-2-14-28(26(31)20-10-6-7-11-22(20)27)17-25(30)29-15-12-24-21(13-16-33-24)23(29)18-32-19-8-4-3-5-9-19/h2-11,13,16,23H,1,12,14-15,17-18H2/t23-/m1/s1. The number of benzene rings is 2. The maximum atomic E-state index is 14.2. The molecule has 0 spiro atoms. The highest BCUT2D eigenvalue weighted by Crippen LogP contribution is 2.34. The number of fused-ring (bicyclic) bond motifs is 1. The number of thiophene rings is 1. The molecule has 0 N–H and O–H groups in total. The molecule has 0 bridgehead atoms. The molecule has 170 valence electrons. The van der Waals surface area contributed by atoms with E-state index in [-0.39, 0.29) is 30.6 Å². The molecule has 3 aromatic rings. The lowest BCUT2D eigenvalue weighted by Gasteiger charge is -2.37. The first-order valence-corrected chi connectivity index (χ1v) is 11.6. The van der Waals surface area contributed by atoms with Crippen LogP contribution in [0.1, 0.15) is 26.8 Å². The largest absolute Gasteiger partial charge is 0.491 e. The van der Waals surface area contributed by atoms with E-state index in [1.807, 2.05) is 41.8 Å². The molecule has 1 aromatic heterocycles. The molecule has 1 atom stereocenters. The van der Waals surface area contributed by atoms with Crippen molar-refractivity contribution >= 4 is 23.2 Å². The molecule has 1 aliphatic rings. The van der Waals surface area contributed by atoms with Crippen LogP contribution in [0.3, 0.4) is 0 Å². The van der Waals surface area contributed by atoms with Gasteiger partial charge in [-0.2, -0.15) is 0 Å². The summed E-state index contributed by atoms with van der Waals surface area (Å²) in [6.07, 6.45) is 2.29. The molecule has 1 aliphatic heterocycles. The molecule has 0 saturated carbocycles. The quantitative estimate of drug-likeness (QED) is 0.453. The fraction of sp³-hybridized carbons (Fsp3) is 0.231. The van der Waals surface area contributed by atoms with Crippen molar-refractivity contribution in [3.05, 3.63) is 101 Å². The first-order valence-electron chi connectivity index (χ1n) is 10.8. The summed E-state index contributed by atoms with van der Waals surface area (Å²) in [6.45, 7) is 4.50. The molecule has 2 amide bonds. The Bertz CT molecular complexity index is 1130. The van der Waals surface area contributed by atoms with Gasteiger partial charge in [-0.25, -0.2) is 4.39 Å². The van der Waals surface area contributed by atoms with E-state index in [2.05, 4.69) is 6.58 Å². The highest BCUT2D eigenvalue weighted by Gasteiger charge is 2.33. The van der Waals surface area contributed by atoms with Crippen molar-refractivity contribution in [3.8, 4) is 5.75 Å². The third-order valence-corrected chi connectivity index (χ3v) is 6.63. The molecule has 7 heteroatoms. The van der Waals surface area contributed by atoms with Crippen molar-refractivity contribution in [1.29, 1.82) is 0 Å². The highest BCUT2D eigenvalue weighted by molar-refractivity contribution is 7.10. The lowest BCUT2D eigenvalue weighted by atomic mass is 10.0. The second-order valence-corrected chi connectivity index (χ2v) is 8.73. The van der Waals surface area contributed by atoms with Gasteiger partial charge in [-0.05, 0) is 47.7 Å². The lowest BCUT2D eigenvalue weighted by Crippen LogP contribution is -2.48. The molecule has 2 aromatic carbocycles. The van der Waals surface area contributed by atoms with Gasteiger partial charge in [0, 0.05) is 18.0 Å². The summed E-state index contributed by atoms with van der Waals surface area (Å²) >= 11 is 1.68. The van der Waals surface area contributed by atoms with E-state index in [0.29, 0.717) is 13.2 Å². The number of rotatable bonds is 8. The number of halogens is 1. The maximum Gasteiger partial charge on any atom is 0.257 e. The second-order valence-electron chi connectivity index (χ2n) is 7.73. The number of amides is 2. The van der Waals surface area contributed by atoms with Crippen LogP contribution in [0.4, 0.5) is 4.39 Å². The van der Waals surface area contributed by atoms with Gasteiger partial charge in [0.15, 0.2) is 0 Å². The molecule has 5 nitrogen and oxygen atoms in total. The predicted octanol–water partition coefficient (Wildman–Crippen LogP) is 4.72. The van der Waals surface area contributed by atoms with Crippen LogP contribution >= 0.6 is 11.3 Å². The van der Waals surface area contributed by atoms with Crippen LogP contribution in [-0.4, -0.2) is 47.9 Å². The first-order chi connectivity index (χ1) is 16.1. The number of nitrogens with zero attached hydrogens (tertiary/aromatic N) is 2. The molecule has 0 unspecified atom stereocenters. The van der Waals surface area contributed by atoms with E-state index in [0.717, 1.165) is 17.7 Å². The minimum Gasteiger partial charge on any atom is -0.491 e. The van der Waals surface area contributed by atoms with Crippen LogP contribution in [0.2, 0.25) is 0 Å². The maximum absolute atomic E-state index is 14.2. The van der Waals surface area contributed by atoms with Crippen molar-refractivity contribution < 1.29 is 18.7 Å². The summed E-state index contributed by atoms with van der Waals surface area (Å²) in [5, 5.41) is 2.03. The van der Waals surface area contributed by atoms with Crippen LogP contribution in [0.5, 0.6) is 5.75 Å². The Morgan fingerprint density at radius 1 is 1.15 bits per heavy atom. The Morgan fingerprint density at radius 3 is 2.67 bits per heavy atom. The van der Waals surface area contributed by atoms with E-state index < -0.39 is 11.7 Å². The van der Waals surface area contributed by atoms with Crippen LogP contribution in [0.25, 0.3) is 0 Å². The SMILES string of the molecule is C=CCN(CC(=O)N1CCc2sccc2[C@H]1COc1ccccc1)C(=O)c1ccccc1F. The lowest BCUT2D eigenvalue weighted by molar-refractivity contribution is -0.135. The summed E-state index contributed by atoms with van der Waals surface area (Å²) in [4.78, 5) is 30.7. The Kier molecular flexibility index (Phi) is 7.19. The molecule has 2 heterocycles. The Hall–Kier alpha value is -3.45. The summed E-state index contributed by atoms with van der Waals surface area (Å²) in [5.74, 6) is -0.624. The second kappa shape index (κ2) is 10.4. The van der Waals surface area contributed by atoms with Gasteiger partial charge in [0.05, 0.1) is 11.6 Å². The Balaban J connectivity index is 1.53. The molecule has 33 heavy (non-hydrogen) atoms. The minimum absolute atomic E-state index is 0.0603. The number of hydrogen-bond donors (Lipinski definition) is 0. The molecule has 0 radical (unpaired) electrons. The third-order valence-electron chi connectivity index (χ3n) is 5.63. The fourth-order valence-corrected chi connectivity index (χ4v) is 4.93. The van der Waals surface area contributed by atoms with Gasteiger partial charge in [0.25, 0.3) is 5.91 Å². The molecular formula is C26H25FN2O3S. The summed E-state index contributed by atoms with van der Waals surface area (Å²) in [6, 6.07) is 17.0. The molecule has 4 rings (SSSR count). The van der Waals surface area contributed by atoms with Crippen LogP contribution in [0.15, 0.2) is 78.7 Å². The first kappa shape index (κ1) is 22.7. The van der Waals surface area contributed by atoms with Gasteiger partial charge in [0.2, 0.25) is 5.91 Å². The fourth-order valence-electron chi connectivity index (χ4n) is 4.00. The third kappa shape index (κ3) is 5.14. The van der Waals surface area contributed by atoms with Crippen molar-refractivity contribution in [1.82, 2.24) is 9.80 Å². The summed E-state index contributed by atoms with van der Waals surface area (Å²) in [5.41, 5.74) is 1.01. The van der Waals surface area contributed by atoms with Gasteiger partial charge >= 0.3 is 0 Å². The molecule has 0 aliphatic carbocycles. The number of hydrogen-bond acceptors (Lipinski definition) is 4. The Morgan fingerprint density at radius 2 is 1.91 bits per heavy atom. The smallest absolute Gasteiger partial charge is 0.257 e. The van der Waals surface area contributed by atoms with Gasteiger partial charge in [-0.1, -0.05) is 36.4 Å². The van der Waals surface area contributed by atoms with Gasteiger partial charge in [-0.3, -0.25) is 9.59 Å². The van der Waals surface area contributed by atoms with Crippen LogP contribution < -0.4 is 4.74 Å². The zero-order valence-corrected chi connectivity index (χ0v) is 19.0. The van der Waals surface area contributed by atoms with Gasteiger partial charge < -0.3 is 14.5 Å². The summed E-state index contributed by atoms with van der Waals surface area (Å²) in [7, 11) is 0. The number of para-hydroxylation sites is 1. The van der Waals surface area contributed by atoms with Crippen molar-refractivity contribution in [2.45, 2.75) is 12.5 Å². The molecule has 0 saturated heterocycles. The average Bonchev–Trinajstić information content (AvgIpc) is 3.32. The van der Waals surface area contributed by atoms with E-state index >= 15 is 0 Å². The molecular weight excluding hydrogens is 439 g/mol. The van der Waals surface area contributed by atoms with E-state index in [1.54, 1.807) is 22.3 Å². The predicted molar refractivity (Wildman–Crippen MR) is 127 cm³/mol. The zero-order valence-electron chi connectivity index (χ0n) is 18.2. The van der Waals surface area contributed by atoms with Crippen LogP contribution in [-0.2, 0) is 11.2 Å². The van der Waals surface area contributed by atoms with E-state index in [1.165, 1.54) is 34.1 Å². The topological polar surface area (TPSA) is 49.9 Å². The molecule has 0 fully saturated rings. The van der Waals surface area contributed by atoms with Crippen molar-refractivity contribution in [3.63, 3.8) is 0 Å². The van der Waals surface area contributed by atoms with Gasteiger partial charge in [0.1, 0.15) is 24.7 Å². The number of ether oxygens (including phenoxy) is 1. The van der Waals surface area contributed by atoms with Crippen molar-refractivity contribution in [2.75, 3.05) is 26.2 Å². The van der Waals surface area contributed by atoms with Crippen LogP contribution in [0, 0.1) is 5.82 Å².